The number of nitrogens with one attached hydrogen (secondary N) is 2. The Kier molecular flexibility index (Phi) is 7.50. The van der Waals surface area contributed by atoms with E-state index >= 15 is 0 Å². The van der Waals surface area contributed by atoms with Gasteiger partial charge < -0.3 is 31.6 Å². The summed E-state index contributed by atoms with van der Waals surface area (Å²) in [6.07, 6.45) is 2.70. The van der Waals surface area contributed by atoms with Crippen LogP contribution in [0.15, 0.2) is 66.7 Å². The Morgan fingerprint density at radius 3 is 1.64 bits per heavy atom. The fraction of sp³-hybridized carbons (Fsp3) is 0.222. The van der Waals surface area contributed by atoms with Gasteiger partial charge in [-0.3, -0.25) is 15.6 Å². The molecule has 0 aliphatic heterocycles. The predicted molar refractivity (Wildman–Crippen MR) is 139 cm³/mol. The molecule has 36 heavy (non-hydrogen) atoms. The third-order valence-corrected chi connectivity index (χ3v) is 5.78. The van der Waals surface area contributed by atoms with E-state index < -0.39 is 0 Å². The predicted octanol–water partition coefficient (Wildman–Crippen LogP) is 3.79. The van der Waals surface area contributed by atoms with Crippen LogP contribution < -0.4 is 26.7 Å². The number of ether oxygens (including phenoxy) is 2. The summed E-state index contributed by atoms with van der Waals surface area (Å²) in [4.78, 5) is 15.4. The van der Waals surface area contributed by atoms with E-state index in [0.29, 0.717) is 52.8 Å². The van der Waals surface area contributed by atoms with Crippen LogP contribution in [-0.4, -0.2) is 41.6 Å². The molecule has 9 nitrogen and oxygen atoms in total. The van der Waals surface area contributed by atoms with Crippen molar-refractivity contribution in [2.75, 3.05) is 13.1 Å². The van der Waals surface area contributed by atoms with E-state index in [-0.39, 0.29) is 23.6 Å². The highest BCUT2D eigenvalue weighted by Crippen LogP contribution is 2.33. The van der Waals surface area contributed by atoms with Gasteiger partial charge in [0.25, 0.3) is 5.91 Å². The maximum atomic E-state index is 13.5. The van der Waals surface area contributed by atoms with E-state index in [1.165, 1.54) is 0 Å². The fourth-order valence-electron chi connectivity index (χ4n) is 3.75. The van der Waals surface area contributed by atoms with Crippen molar-refractivity contribution in [1.82, 2.24) is 4.90 Å². The number of nitrogens with two attached hydrogens (primary N) is 3. The second kappa shape index (κ2) is 10.9. The second-order valence-corrected chi connectivity index (χ2v) is 8.65. The Balaban J connectivity index is 1.64. The van der Waals surface area contributed by atoms with Crippen LogP contribution in [0, 0.1) is 10.8 Å². The molecule has 0 saturated heterocycles. The normalized spacial score (nSPS) is 12.6. The Morgan fingerprint density at radius 1 is 0.778 bits per heavy atom. The SMILES string of the molecule is N=C(N)c1ccc(Oc2cc(Oc3ccc(C(=N)N)cc3)cc(C(=O)N(CCCN)C3CC3)c2)cc1. The number of hydrogen-bond acceptors (Lipinski definition) is 6. The van der Waals surface area contributed by atoms with E-state index in [0.717, 1.165) is 19.3 Å². The molecule has 186 valence electrons. The zero-order chi connectivity index (χ0) is 25.7. The zero-order valence-corrected chi connectivity index (χ0v) is 19.9. The number of nitrogens with zero attached hydrogens (tertiary/aromatic N) is 1. The van der Waals surface area contributed by atoms with Crippen molar-refractivity contribution in [2.24, 2.45) is 17.2 Å². The first-order valence-corrected chi connectivity index (χ1v) is 11.7. The first-order valence-electron chi connectivity index (χ1n) is 11.7. The van der Waals surface area contributed by atoms with E-state index in [1.54, 1.807) is 66.7 Å². The topological polar surface area (TPSA) is 165 Å². The molecule has 0 radical (unpaired) electrons. The molecule has 0 aromatic heterocycles. The summed E-state index contributed by atoms with van der Waals surface area (Å²) < 4.78 is 12.1. The van der Waals surface area contributed by atoms with Gasteiger partial charge in [-0.05, 0) is 86.5 Å². The van der Waals surface area contributed by atoms with Gasteiger partial charge in [0.1, 0.15) is 34.7 Å². The number of rotatable bonds is 11. The van der Waals surface area contributed by atoms with Crippen LogP contribution in [0.25, 0.3) is 0 Å². The molecule has 4 rings (SSSR count). The van der Waals surface area contributed by atoms with Gasteiger partial charge in [0.15, 0.2) is 0 Å². The summed E-state index contributed by atoms with van der Waals surface area (Å²) in [6.45, 7) is 1.11. The van der Waals surface area contributed by atoms with Gasteiger partial charge in [-0.1, -0.05) is 0 Å². The molecule has 8 N–H and O–H groups in total. The van der Waals surface area contributed by atoms with Crippen LogP contribution in [0.2, 0.25) is 0 Å². The highest BCUT2D eigenvalue weighted by molar-refractivity contribution is 5.96. The van der Waals surface area contributed by atoms with Crippen LogP contribution in [0.1, 0.15) is 40.7 Å². The average Bonchev–Trinajstić information content (AvgIpc) is 3.70. The first-order chi connectivity index (χ1) is 17.3. The largest absolute Gasteiger partial charge is 0.457 e. The Hall–Kier alpha value is -4.37. The van der Waals surface area contributed by atoms with Gasteiger partial charge in [-0.2, -0.15) is 0 Å². The van der Waals surface area contributed by atoms with Crippen molar-refractivity contribution in [1.29, 1.82) is 10.8 Å². The summed E-state index contributed by atoms with van der Waals surface area (Å²) in [6, 6.07) is 19.0. The molecule has 1 amide bonds. The molecule has 1 aliphatic rings. The minimum absolute atomic E-state index is 0.0294. The highest BCUT2D eigenvalue weighted by Gasteiger charge is 2.33. The fourth-order valence-corrected chi connectivity index (χ4v) is 3.75. The third-order valence-electron chi connectivity index (χ3n) is 5.78. The van der Waals surface area contributed by atoms with Crippen LogP contribution >= 0.6 is 0 Å². The molecule has 3 aromatic rings. The van der Waals surface area contributed by atoms with Crippen LogP contribution in [0.4, 0.5) is 0 Å². The summed E-state index contributed by atoms with van der Waals surface area (Å²) in [5.74, 6) is 1.77. The zero-order valence-electron chi connectivity index (χ0n) is 19.9. The summed E-state index contributed by atoms with van der Waals surface area (Å²) in [7, 11) is 0. The van der Waals surface area contributed by atoms with Gasteiger partial charge in [-0.15, -0.1) is 0 Å². The monoisotopic (exact) mass is 486 g/mol. The van der Waals surface area contributed by atoms with Crippen molar-refractivity contribution in [3.63, 3.8) is 0 Å². The molecule has 3 aromatic carbocycles. The Bertz CT molecular complexity index is 1180. The number of carbonyl (C=O) groups is 1. The minimum Gasteiger partial charge on any atom is -0.457 e. The Morgan fingerprint density at radius 2 is 1.25 bits per heavy atom. The summed E-state index contributed by atoms with van der Waals surface area (Å²) >= 11 is 0. The number of hydrogen-bond donors (Lipinski definition) is 5. The van der Waals surface area contributed by atoms with Crippen molar-refractivity contribution >= 4 is 17.6 Å². The number of carbonyl (C=O) groups excluding carboxylic acids is 1. The van der Waals surface area contributed by atoms with Crippen LogP contribution in [0.5, 0.6) is 23.0 Å². The van der Waals surface area contributed by atoms with E-state index in [2.05, 4.69) is 0 Å². The van der Waals surface area contributed by atoms with Crippen LogP contribution in [0.3, 0.4) is 0 Å². The van der Waals surface area contributed by atoms with E-state index in [9.17, 15) is 4.79 Å². The molecule has 9 heteroatoms. The Labute approximate surface area is 209 Å². The quantitative estimate of drug-likeness (QED) is 0.204. The molecule has 0 bridgehead atoms. The lowest BCUT2D eigenvalue weighted by Gasteiger charge is -2.23. The number of amidine groups is 2. The van der Waals surface area contributed by atoms with Gasteiger partial charge in [0.2, 0.25) is 0 Å². The molecule has 1 aliphatic carbocycles. The lowest BCUT2D eigenvalue weighted by atomic mass is 10.1. The van der Waals surface area contributed by atoms with Gasteiger partial charge in [-0.25, -0.2) is 0 Å². The smallest absolute Gasteiger partial charge is 0.254 e. The molecule has 1 fully saturated rings. The van der Waals surface area contributed by atoms with E-state index in [1.807, 2.05) is 4.90 Å². The van der Waals surface area contributed by atoms with Gasteiger partial charge in [0.05, 0.1) is 0 Å². The molecule has 0 heterocycles. The van der Waals surface area contributed by atoms with Gasteiger partial charge >= 0.3 is 0 Å². The molecule has 0 unspecified atom stereocenters. The molecule has 0 spiro atoms. The van der Waals surface area contributed by atoms with E-state index in [4.69, 9.17) is 37.5 Å². The lowest BCUT2D eigenvalue weighted by molar-refractivity contribution is 0.0741. The molecule has 1 saturated carbocycles. The van der Waals surface area contributed by atoms with Crippen molar-refractivity contribution in [3.05, 3.63) is 83.4 Å². The highest BCUT2D eigenvalue weighted by atomic mass is 16.5. The van der Waals surface area contributed by atoms with Crippen molar-refractivity contribution < 1.29 is 14.3 Å². The number of nitrogen functional groups attached to an aromatic ring is 2. The maximum absolute atomic E-state index is 13.5. The summed E-state index contributed by atoms with van der Waals surface area (Å²) in [5.41, 5.74) is 18.4. The first kappa shape index (κ1) is 24.7. The van der Waals surface area contributed by atoms with Crippen molar-refractivity contribution in [3.8, 4) is 23.0 Å². The third kappa shape index (κ3) is 6.19. The van der Waals surface area contributed by atoms with Crippen LogP contribution in [-0.2, 0) is 0 Å². The standard InChI is InChI=1S/C27H30N6O3/c28-12-1-13-33(20-6-7-20)27(34)19-14-23(35-21-8-2-17(3-9-21)25(29)30)16-24(15-19)36-22-10-4-18(5-11-22)26(31)32/h2-5,8-11,14-16,20H,1,6-7,12-13,28H2,(H3,29,30)(H3,31,32). The minimum atomic E-state index is -0.0971. The molecule has 0 atom stereocenters. The average molecular weight is 487 g/mol. The molecular weight excluding hydrogens is 456 g/mol. The second-order valence-electron chi connectivity index (χ2n) is 8.65. The molecular formula is C27H30N6O3. The number of benzene rings is 3. The van der Waals surface area contributed by atoms with Gasteiger partial charge in [0, 0.05) is 35.3 Å². The number of amides is 1. The lowest BCUT2D eigenvalue weighted by Crippen LogP contribution is -2.34. The summed E-state index contributed by atoms with van der Waals surface area (Å²) in [5, 5.41) is 15.1. The maximum Gasteiger partial charge on any atom is 0.254 e. The van der Waals surface area contributed by atoms with Crippen molar-refractivity contribution in [2.45, 2.75) is 25.3 Å².